The third-order valence-electron chi connectivity index (χ3n) is 6.76. The van der Waals surface area contributed by atoms with Gasteiger partial charge in [-0.05, 0) is 72.8 Å². The number of hydrogen-bond acceptors (Lipinski definition) is 3. The fourth-order valence-corrected chi connectivity index (χ4v) is 6.44. The number of nitrogens with one attached hydrogen (secondary N) is 1. The minimum absolute atomic E-state index is 0.114. The van der Waals surface area contributed by atoms with E-state index in [-0.39, 0.29) is 30.0 Å². The zero-order valence-corrected chi connectivity index (χ0v) is 19.0. The summed E-state index contributed by atoms with van der Waals surface area (Å²) in [6, 6.07) is 13.9. The highest BCUT2D eigenvalue weighted by Gasteiger charge is 2.33. The predicted octanol–water partition coefficient (Wildman–Crippen LogP) is 4.98. The molecule has 0 spiro atoms. The van der Waals surface area contributed by atoms with Crippen LogP contribution < -0.4 is 9.46 Å². The summed E-state index contributed by atoms with van der Waals surface area (Å²) in [5, 5.41) is -0.279. The first kappa shape index (κ1) is 22.3. The molecule has 2 aromatic rings. The molecular weight excluding hydrogens is 413 g/mol. The standard InChI is InChI=1S/C25H32FNO3S/c1-2-7-19-15-20-16-24(26)25(30-13-12-27-31(28,29)21-10-6-11-21)17-23(20)22(19)14-18-8-4-3-5-9-18/h3-5,8-9,16-17,19,21-22,27H,2,6-7,10-15H2,1H3. The molecule has 0 heterocycles. The Kier molecular flexibility index (Phi) is 6.97. The van der Waals surface area contributed by atoms with Gasteiger partial charge in [0.05, 0.1) is 5.25 Å². The summed E-state index contributed by atoms with van der Waals surface area (Å²) >= 11 is 0. The maximum absolute atomic E-state index is 14.7. The van der Waals surface area contributed by atoms with E-state index in [1.54, 1.807) is 6.07 Å². The third kappa shape index (κ3) is 5.12. The molecule has 6 heteroatoms. The molecule has 0 aliphatic heterocycles. The Hall–Kier alpha value is -1.92. The number of rotatable bonds is 10. The first-order chi connectivity index (χ1) is 15.0. The Bertz CT molecular complexity index is 989. The van der Waals surface area contributed by atoms with Gasteiger partial charge < -0.3 is 4.74 Å². The summed E-state index contributed by atoms with van der Waals surface area (Å²) in [6.07, 6.45) is 6.47. The van der Waals surface area contributed by atoms with Gasteiger partial charge in [0.15, 0.2) is 11.6 Å². The van der Waals surface area contributed by atoms with Crippen molar-refractivity contribution in [1.82, 2.24) is 4.72 Å². The summed E-state index contributed by atoms with van der Waals surface area (Å²) in [5.74, 6) is 0.703. The summed E-state index contributed by atoms with van der Waals surface area (Å²) < 4.78 is 47.2. The van der Waals surface area contributed by atoms with Crippen LogP contribution in [0.3, 0.4) is 0 Å². The molecule has 4 rings (SSSR count). The monoisotopic (exact) mass is 445 g/mol. The SMILES string of the molecule is CCCC1Cc2cc(F)c(OCCNS(=O)(=O)C3CCC3)cc2C1Cc1ccccc1. The van der Waals surface area contributed by atoms with Crippen LogP contribution in [0, 0.1) is 11.7 Å². The van der Waals surface area contributed by atoms with Crippen molar-refractivity contribution in [2.24, 2.45) is 5.92 Å². The molecule has 168 valence electrons. The Morgan fingerprint density at radius 1 is 1.16 bits per heavy atom. The number of benzene rings is 2. The molecule has 2 aromatic carbocycles. The minimum Gasteiger partial charge on any atom is -0.489 e. The second-order valence-corrected chi connectivity index (χ2v) is 10.9. The smallest absolute Gasteiger partial charge is 0.214 e. The van der Waals surface area contributed by atoms with Crippen molar-refractivity contribution in [3.05, 3.63) is 65.0 Å². The van der Waals surface area contributed by atoms with E-state index in [4.69, 9.17) is 4.74 Å². The largest absolute Gasteiger partial charge is 0.489 e. The van der Waals surface area contributed by atoms with E-state index in [1.165, 1.54) is 11.1 Å². The van der Waals surface area contributed by atoms with Crippen molar-refractivity contribution < 1.29 is 17.5 Å². The van der Waals surface area contributed by atoms with Gasteiger partial charge in [-0.25, -0.2) is 17.5 Å². The van der Waals surface area contributed by atoms with Crippen LogP contribution >= 0.6 is 0 Å². The van der Waals surface area contributed by atoms with Crippen molar-refractivity contribution >= 4 is 10.0 Å². The summed E-state index contributed by atoms with van der Waals surface area (Å²) in [4.78, 5) is 0. The molecule has 0 amide bonds. The van der Waals surface area contributed by atoms with Crippen LogP contribution in [0.1, 0.15) is 61.6 Å². The molecule has 2 aliphatic rings. The highest BCUT2D eigenvalue weighted by atomic mass is 32.2. The van der Waals surface area contributed by atoms with Crippen LogP contribution in [0.4, 0.5) is 4.39 Å². The molecule has 0 radical (unpaired) electrons. The summed E-state index contributed by atoms with van der Waals surface area (Å²) in [7, 11) is -3.28. The van der Waals surface area contributed by atoms with Gasteiger partial charge in [0.1, 0.15) is 6.61 Å². The van der Waals surface area contributed by atoms with E-state index in [2.05, 4.69) is 35.9 Å². The van der Waals surface area contributed by atoms with Crippen molar-refractivity contribution in [2.45, 2.75) is 63.0 Å². The lowest BCUT2D eigenvalue weighted by Gasteiger charge is -2.25. The fraction of sp³-hybridized carbons (Fsp3) is 0.520. The molecule has 1 N–H and O–H groups in total. The van der Waals surface area contributed by atoms with Crippen LogP contribution in [-0.2, 0) is 22.9 Å². The lowest BCUT2D eigenvalue weighted by Crippen LogP contribution is -2.40. The van der Waals surface area contributed by atoms with Gasteiger partial charge in [-0.2, -0.15) is 0 Å². The van der Waals surface area contributed by atoms with Crippen LogP contribution in [0.2, 0.25) is 0 Å². The van der Waals surface area contributed by atoms with E-state index < -0.39 is 10.0 Å². The molecule has 0 aromatic heterocycles. The Morgan fingerprint density at radius 3 is 2.61 bits per heavy atom. The molecule has 1 saturated carbocycles. The average molecular weight is 446 g/mol. The predicted molar refractivity (Wildman–Crippen MR) is 121 cm³/mol. The van der Waals surface area contributed by atoms with E-state index >= 15 is 0 Å². The number of halogens is 1. The summed E-state index contributed by atoms with van der Waals surface area (Å²) in [5.41, 5.74) is 3.54. The van der Waals surface area contributed by atoms with Crippen molar-refractivity contribution in [3.8, 4) is 5.75 Å². The van der Waals surface area contributed by atoms with Gasteiger partial charge in [0, 0.05) is 6.54 Å². The lowest BCUT2D eigenvalue weighted by molar-refractivity contribution is 0.305. The van der Waals surface area contributed by atoms with Crippen LogP contribution in [0.25, 0.3) is 0 Å². The number of hydrogen-bond donors (Lipinski definition) is 1. The van der Waals surface area contributed by atoms with Gasteiger partial charge in [0.2, 0.25) is 10.0 Å². The topological polar surface area (TPSA) is 55.4 Å². The zero-order chi connectivity index (χ0) is 21.8. The maximum Gasteiger partial charge on any atom is 0.214 e. The molecule has 2 atom stereocenters. The number of fused-ring (bicyclic) bond motifs is 1. The molecule has 4 nitrogen and oxygen atoms in total. The second-order valence-electron chi connectivity index (χ2n) is 8.87. The Morgan fingerprint density at radius 2 is 1.94 bits per heavy atom. The van der Waals surface area contributed by atoms with Crippen LogP contribution in [0.5, 0.6) is 5.75 Å². The molecule has 0 saturated heterocycles. The van der Waals surface area contributed by atoms with Crippen LogP contribution in [0.15, 0.2) is 42.5 Å². The normalized spacial score (nSPS) is 21.0. The molecule has 31 heavy (non-hydrogen) atoms. The van der Waals surface area contributed by atoms with Gasteiger partial charge in [-0.15, -0.1) is 0 Å². The zero-order valence-electron chi connectivity index (χ0n) is 18.1. The first-order valence-electron chi connectivity index (χ1n) is 11.5. The quantitative estimate of drug-likeness (QED) is 0.525. The lowest BCUT2D eigenvalue weighted by atomic mass is 9.84. The van der Waals surface area contributed by atoms with E-state index in [1.807, 2.05) is 12.1 Å². The number of ether oxygens (including phenoxy) is 1. The highest BCUT2D eigenvalue weighted by molar-refractivity contribution is 7.90. The Balaban J connectivity index is 1.45. The molecule has 2 aliphatic carbocycles. The highest BCUT2D eigenvalue weighted by Crippen LogP contribution is 2.44. The van der Waals surface area contributed by atoms with Gasteiger partial charge in [-0.3, -0.25) is 0 Å². The maximum atomic E-state index is 14.7. The van der Waals surface area contributed by atoms with Crippen LogP contribution in [-0.4, -0.2) is 26.8 Å². The number of sulfonamides is 1. The van der Waals surface area contributed by atoms with E-state index in [0.29, 0.717) is 11.8 Å². The molecule has 2 unspecified atom stereocenters. The average Bonchev–Trinajstić information content (AvgIpc) is 3.00. The molecular formula is C25H32FNO3S. The van der Waals surface area contributed by atoms with Gasteiger partial charge in [0.25, 0.3) is 0 Å². The van der Waals surface area contributed by atoms with Crippen molar-refractivity contribution in [1.29, 1.82) is 0 Å². The fourth-order valence-electron chi connectivity index (χ4n) is 4.88. The van der Waals surface area contributed by atoms with Gasteiger partial charge >= 0.3 is 0 Å². The first-order valence-corrected chi connectivity index (χ1v) is 13.0. The van der Waals surface area contributed by atoms with E-state index in [9.17, 15) is 12.8 Å². The van der Waals surface area contributed by atoms with E-state index in [0.717, 1.165) is 50.5 Å². The summed E-state index contributed by atoms with van der Waals surface area (Å²) in [6.45, 7) is 2.47. The van der Waals surface area contributed by atoms with Crippen molar-refractivity contribution in [3.63, 3.8) is 0 Å². The van der Waals surface area contributed by atoms with Crippen molar-refractivity contribution in [2.75, 3.05) is 13.2 Å². The molecule has 0 bridgehead atoms. The second kappa shape index (κ2) is 9.70. The third-order valence-corrected chi connectivity index (χ3v) is 8.71. The Labute approximate surface area is 185 Å². The minimum atomic E-state index is -3.28. The molecule has 1 fully saturated rings. The van der Waals surface area contributed by atoms with Gasteiger partial charge in [-0.1, -0.05) is 50.1 Å².